The first-order chi connectivity index (χ1) is 16.1. The number of nitriles is 1. The van der Waals surface area contributed by atoms with Gasteiger partial charge in [-0.3, -0.25) is 10.2 Å². The molecule has 1 aromatic heterocycles. The molecule has 5 N–H and O–H groups in total. The van der Waals surface area contributed by atoms with E-state index in [4.69, 9.17) is 5.14 Å². The van der Waals surface area contributed by atoms with E-state index in [-0.39, 0.29) is 21.4 Å². The number of nitrogens with one attached hydrogen (secondary N) is 3. The van der Waals surface area contributed by atoms with Crippen LogP contribution in [-0.2, 0) is 24.8 Å². The maximum Gasteiger partial charge on any atom is 0.287 e. The van der Waals surface area contributed by atoms with Crippen molar-refractivity contribution < 1.29 is 21.6 Å². The van der Waals surface area contributed by atoms with Gasteiger partial charge in [-0.2, -0.15) is 10.4 Å². The summed E-state index contributed by atoms with van der Waals surface area (Å²) < 4.78 is 49.6. The summed E-state index contributed by atoms with van der Waals surface area (Å²) in [6, 6.07) is 13.5. The van der Waals surface area contributed by atoms with Crippen LogP contribution in [0.25, 0.3) is 0 Å². The van der Waals surface area contributed by atoms with Crippen LogP contribution >= 0.6 is 0 Å². The molecule has 0 saturated carbocycles. The summed E-state index contributed by atoms with van der Waals surface area (Å²) in [5, 5.41) is 20.3. The van der Waals surface area contributed by atoms with Gasteiger partial charge in [-0.1, -0.05) is 0 Å². The number of amides is 1. The molecule has 0 unspecified atom stereocenters. The molecule has 13 nitrogen and oxygen atoms in total. The number of hydrogen-bond acceptors (Lipinski definition) is 10. The number of hydrogen-bond donors (Lipinski definition) is 4. The highest BCUT2D eigenvalue weighted by Gasteiger charge is 2.16. The fourth-order valence-corrected chi connectivity index (χ4v) is 3.88. The largest absolute Gasteiger partial charge is 0.320 e. The summed E-state index contributed by atoms with van der Waals surface area (Å²) in [4.78, 5) is 19.6. The van der Waals surface area contributed by atoms with Crippen molar-refractivity contribution in [3.63, 3.8) is 0 Å². The lowest BCUT2D eigenvalue weighted by molar-refractivity contribution is -0.110. The minimum Gasteiger partial charge on any atom is -0.320 e. The molecular formula is C19H16N8O5S2. The zero-order chi connectivity index (χ0) is 24.8. The number of nitrogens with two attached hydrogens (primary N) is 1. The summed E-state index contributed by atoms with van der Waals surface area (Å²) in [6.45, 7) is 0. The monoisotopic (exact) mass is 500 g/mol. The number of carbonyl (C=O) groups excluding carboxylic acids is 1. The van der Waals surface area contributed by atoms with Crippen molar-refractivity contribution in [1.82, 2.24) is 9.97 Å². The van der Waals surface area contributed by atoms with Gasteiger partial charge in [0, 0.05) is 18.1 Å². The average Bonchev–Trinajstić information content (AvgIpc) is 2.80. The molecule has 174 valence electrons. The molecule has 0 aliphatic rings. The lowest BCUT2D eigenvalue weighted by Crippen LogP contribution is -2.22. The maximum atomic E-state index is 12.4. The molecule has 3 aromatic rings. The Balaban J connectivity index is 1.66. The van der Waals surface area contributed by atoms with E-state index in [1.54, 1.807) is 12.1 Å². The van der Waals surface area contributed by atoms with E-state index in [2.05, 4.69) is 30.5 Å². The summed E-state index contributed by atoms with van der Waals surface area (Å²) in [5.41, 5.74) is 2.47. The van der Waals surface area contributed by atoms with Gasteiger partial charge < -0.3 is 5.32 Å². The minimum absolute atomic E-state index is 0.0735. The molecule has 15 heteroatoms. The molecule has 0 fully saturated rings. The number of rotatable bonds is 8. The van der Waals surface area contributed by atoms with E-state index >= 15 is 0 Å². The maximum absolute atomic E-state index is 12.4. The lowest BCUT2D eigenvalue weighted by atomic mass is 10.3. The third-order valence-corrected chi connectivity index (χ3v) is 6.29. The Kier molecular flexibility index (Phi) is 7.16. The second-order valence-electron chi connectivity index (χ2n) is 6.41. The van der Waals surface area contributed by atoms with E-state index in [9.17, 15) is 26.9 Å². The first-order valence-corrected chi connectivity index (χ1v) is 12.2. The number of carbonyl (C=O) groups is 1. The SMILES string of the molecule is N#C/C(=N/Nc1ccc(S(=O)(=O)Nc2ncccn2)cc1)C(=O)Nc1ccc(S(N)(=O)=O)cc1. The van der Waals surface area contributed by atoms with Crippen LogP contribution in [0, 0.1) is 11.3 Å². The molecule has 0 bridgehead atoms. The summed E-state index contributed by atoms with van der Waals surface area (Å²) in [6.07, 6.45) is 2.77. The number of anilines is 3. The Bertz CT molecular complexity index is 1470. The Labute approximate surface area is 194 Å². The van der Waals surface area contributed by atoms with E-state index < -0.39 is 31.7 Å². The van der Waals surface area contributed by atoms with Crippen molar-refractivity contribution in [1.29, 1.82) is 5.26 Å². The molecule has 34 heavy (non-hydrogen) atoms. The van der Waals surface area contributed by atoms with Crippen LogP contribution < -0.4 is 20.6 Å². The molecule has 0 atom stereocenters. The molecule has 2 aromatic carbocycles. The van der Waals surface area contributed by atoms with E-state index in [0.717, 1.165) is 0 Å². The number of primary sulfonamides is 1. The molecule has 1 amide bonds. The van der Waals surface area contributed by atoms with Crippen LogP contribution in [0.15, 0.2) is 81.9 Å². The molecule has 0 aliphatic carbocycles. The number of benzene rings is 2. The predicted molar refractivity (Wildman–Crippen MR) is 122 cm³/mol. The molecule has 3 rings (SSSR count). The van der Waals surface area contributed by atoms with Gasteiger partial charge in [0.1, 0.15) is 6.07 Å². The van der Waals surface area contributed by atoms with Crippen LogP contribution in [0.5, 0.6) is 0 Å². The van der Waals surface area contributed by atoms with Crippen LogP contribution in [0.1, 0.15) is 0 Å². The topological polar surface area (TPSA) is 209 Å². The van der Waals surface area contributed by atoms with Gasteiger partial charge in [-0.05, 0) is 54.6 Å². The fraction of sp³-hybridized carbons (Fsp3) is 0. The molecule has 1 heterocycles. The zero-order valence-electron chi connectivity index (χ0n) is 17.1. The summed E-state index contributed by atoms with van der Waals surface area (Å²) >= 11 is 0. The predicted octanol–water partition coefficient (Wildman–Crippen LogP) is 0.855. The normalized spacial score (nSPS) is 11.8. The number of sulfonamides is 2. The molecule has 0 radical (unpaired) electrons. The standard InChI is InChI=1S/C19H16N8O5S2/c20-12-17(18(28)24-13-2-6-15(7-3-13)33(21,29)30)26-25-14-4-8-16(9-5-14)34(31,32)27-19-22-10-1-11-23-19/h1-11,25H,(H,24,28)(H2,21,29,30)(H,22,23,27)/b26-17-. The van der Waals surface area contributed by atoms with Crippen molar-refractivity contribution in [2.45, 2.75) is 9.79 Å². The fourth-order valence-electron chi connectivity index (χ4n) is 2.40. The van der Waals surface area contributed by atoms with Gasteiger partial charge in [0.15, 0.2) is 0 Å². The Morgan fingerprint density at radius 1 is 0.912 bits per heavy atom. The van der Waals surface area contributed by atoms with Crippen LogP contribution in [0.2, 0.25) is 0 Å². The quantitative estimate of drug-likeness (QED) is 0.255. The first-order valence-electron chi connectivity index (χ1n) is 9.16. The minimum atomic E-state index is -3.93. The summed E-state index contributed by atoms with van der Waals surface area (Å²) in [7, 11) is -7.81. The highest BCUT2D eigenvalue weighted by molar-refractivity contribution is 7.92. The van der Waals surface area contributed by atoms with Crippen molar-refractivity contribution in [3.8, 4) is 6.07 Å². The van der Waals surface area contributed by atoms with Crippen LogP contribution in [0.4, 0.5) is 17.3 Å². The summed E-state index contributed by atoms with van der Waals surface area (Å²) in [5.74, 6) is -0.942. The van der Waals surface area contributed by atoms with Crippen molar-refractivity contribution >= 4 is 49.0 Å². The Morgan fingerprint density at radius 3 is 2.03 bits per heavy atom. The van der Waals surface area contributed by atoms with Crippen molar-refractivity contribution in [2.24, 2.45) is 10.2 Å². The van der Waals surface area contributed by atoms with Gasteiger partial charge in [-0.25, -0.2) is 36.7 Å². The number of aromatic nitrogens is 2. The van der Waals surface area contributed by atoms with Gasteiger partial charge in [0.2, 0.25) is 21.7 Å². The Hall–Kier alpha value is -4.39. The van der Waals surface area contributed by atoms with Crippen LogP contribution in [0.3, 0.4) is 0 Å². The number of hydrazone groups is 1. The zero-order valence-corrected chi connectivity index (χ0v) is 18.7. The van der Waals surface area contributed by atoms with Crippen molar-refractivity contribution in [3.05, 3.63) is 67.0 Å². The molecule has 0 aliphatic heterocycles. The second-order valence-corrected chi connectivity index (χ2v) is 9.65. The highest BCUT2D eigenvalue weighted by Crippen LogP contribution is 2.17. The van der Waals surface area contributed by atoms with Gasteiger partial charge in [0.05, 0.1) is 15.5 Å². The second kappa shape index (κ2) is 10.0. The Morgan fingerprint density at radius 2 is 1.47 bits per heavy atom. The van der Waals surface area contributed by atoms with E-state index in [1.165, 1.54) is 60.9 Å². The highest BCUT2D eigenvalue weighted by atomic mass is 32.2. The average molecular weight is 501 g/mol. The van der Waals surface area contributed by atoms with Gasteiger partial charge >= 0.3 is 0 Å². The van der Waals surface area contributed by atoms with Crippen LogP contribution in [-0.4, -0.2) is 38.4 Å². The third-order valence-electron chi connectivity index (χ3n) is 4.01. The smallest absolute Gasteiger partial charge is 0.287 e. The first kappa shape index (κ1) is 24.3. The molecular weight excluding hydrogens is 484 g/mol. The third kappa shape index (κ3) is 6.32. The van der Waals surface area contributed by atoms with Crippen molar-refractivity contribution in [2.75, 3.05) is 15.5 Å². The van der Waals surface area contributed by atoms with E-state index in [1.807, 2.05) is 0 Å². The molecule has 0 saturated heterocycles. The lowest BCUT2D eigenvalue weighted by Gasteiger charge is -2.07. The van der Waals surface area contributed by atoms with Gasteiger partial charge in [0.25, 0.3) is 15.9 Å². The molecule has 0 spiro atoms. The number of nitrogens with zero attached hydrogens (tertiary/aromatic N) is 4. The van der Waals surface area contributed by atoms with Gasteiger partial charge in [-0.15, -0.1) is 0 Å². The van der Waals surface area contributed by atoms with E-state index in [0.29, 0.717) is 5.69 Å².